The van der Waals surface area contributed by atoms with Gasteiger partial charge in [0, 0.05) is 25.3 Å². The van der Waals surface area contributed by atoms with E-state index in [0.717, 1.165) is 31.1 Å². The fraction of sp³-hybridized carbons (Fsp3) is 0.615. The summed E-state index contributed by atoms with van der Waals surface area (Å²) in [6.45, 7) is 5.72. The molecule has 16 heavy (non-hydrogen) atoms. The van der Waals surface area contributed by atoms with Crippen molar-refractivity contribution in [2.75, 3.05) is 25.6 Å². The lowest BCUT2D eigenvalue weighted by molar-refractivity contribution is 0.0793. The smallest absolute Gasteiger partial charge is 0.125 e. The van der Waals surface area contributed by atoms with Gasteiger partial charge in [-0.25, -0.2) is 4.98 Å². The molecule has 0 saturated carbocycles. The van der Waals surface area contributed by atoms with Gasteiger partial charge in [-0.3, -0.25) is 0 Å². The highest BCUT2D eigenvalue weighted by Gasteiger charge is 2.17. The molecule has 0 radical (unpaired) electrons. The Labute approximate surface area is 98.2 Å². The van der Waals surface area contributed by atoms with Crippen LogP contribution in [0.3, 0.4) is 0 Å². The standard InChI is InChI=1S/C11H16N2O.C2H6/c1-12-11-6-2-5-10(13-11)9-4-3-7-14-8-9;1-2/h2,5-6,9H,3-4,7-8H2,1H3,(H,12,13);1-2H3. The molecule has 2 rings (SSSR count). The number of rotatable bonds is 2. The lowest BCUT2D eigenvalue weighted by Crippen LogP contribution is -2.16. The third kappa shape index (κ3) is 3.49. The molecule has 1 unspecified atom stereocenters. The predicted octanol–water partition coefficient (Wildman–Crippen LogP) is 3.04. The maximum Gasteiger partial charge on any atom is 0.125 e. The first-order valence-electron chi connectivity index (χ1n) is 6.12. The first-order valence-corrected chi connectivity index (χ1v) is 6.12. The monoisotopic (exact) mass is 222 g/mol. The molecule has 1 aliphatic rings. The van der Waals surface area contributed by atoms with E-state index in [1.165, 1.54) is 6.42 Å². The zero-order chi connectivity index (χ0) is 11.8. The summed E-state index contributed by atoms with van der Waals surface area (Å²) < 4.78 is 5.45. The molecular formula is C13H22N2O. The Kier molecular flexibility index (Phi) is 5.86. The van der Waals surface area contributed by atoms with Crippen LogP contribution in [0.25, 0.3) is 0 Å². The molecule has 1 N–H and O–H groups in total. The Morgan fingerprint density at radius 3 is 2.81 bits per heavy atom. The van der Waals surface area contributed by atoms with Crippen molar-refractivity contribution in [3.63, 3.8) is 0 Å². The van der Waals surface area contributed by atoms with Crippen LogP contribution >= 0.6 is 0 Å². The molecule has 1 aliphatic heterocycles. The summed E-state index contributed by atoms with van der Waals surface area (Å²) in [4.78, 5) is 4.52. The van der Waals surface area contributed by atoms with Crippen molar-refractivity contribution in [1.29, 1.82) is 0 Å². The Balaban J connectivity index is 0.000000606. The highest BCUT2D eigenvalue weighted by molar-refractivity contribution is 5.35. The summed E-state index contributed by atoms with van der Waals surface area (Å²) in [6, 6.07) is 6.11. The Morgan fingerprint density at radius 1 is 1.38 bits per heavy atom. The van der Waals surface area contributed by atoms with E-state index in [2.05, 4.69) is 16.4 Å². The number of anilines is 1. The maximum atomic E-state index is 5.45. The third-order valence-electron chi connectivity index (χ3n) is 2.61. The number of ether oxygens (including phenoxy) is 1. The summed E-state index contributed by atoms with van der Waals surface area (Å²) in [5, 5.41) is 3.05. The van der Waals surface area contributed by atoms with E-state index in [1.807, 2.05) is 33.0 Å². The minimum Gasteiger partial charge on any atom is -0.381 e. The van der Waals surface area contributed by atoms with Gasteiger partial charge in [-0.2, -0.15) is 0 Å². The second kappa shape index (κ2) is 7.23. The van der Waals surface area contributed by atoms with Gasteiger partial charge in [0.2, 0.25) is 0 Å². The largest absolute Gasteiger partial charge is 0.381 e. The molecule has 0 aliphatic carbocycles. The van der Waals surface area contributed by atoms with Gasteiger partial charge in [0.1, 0.15) is 5.82 Å². The van der Waals surface area contributed by atoms with Crippen molar-refractivity contribution in [2.24, 2.45) is 0 Å². The number of hydrogen-bond donors (Lipinski definition) is 1. The van der Waals surface area contributed by atoms with Crippen LogP contribution < -0.4 is 5.32 Å². The zero-order valence-electron chi connectivity index (χ0n) is 10.5. The van der Waals surface area contributed by atoms with Crippen molar-refractivity contribution in [3.8, 4) is 0 Å². The second-order valence-electron chi connectivity index (χ2n) is 3.61. The molecule has 90 valence electrons. The van der Waals surface area contributed by atoms with E-state index >= 15 is 0 Å². The SMILES string of the molecule is CC.CNc1cccc(C2CCCOC2)n1. The molecule has 1 saturated heterocycles. The Bertz CT molecular complexity index is 296. The molecule has 2 heterocycles. The molecule has 1 fully saturated rings. The first-order chi connectivity index (χ1) is 7.90. The lowest BCUT2D eigenvalue weighted by Gasteiger charge is -2.21. The van der Waals surface area contributed by atoms with E-state index in [9.17, 15) is 0 Å². The number of aromatic nitrogens is 1. The average Bonchev–Trinajstić information content (AvgIpc) is 2.42. The summed E-state index contributed by atoms with van der Waals surface area (Å²) in [5.74, 6) is 1.42. The van der Waals surface area contributed by atoms with Crippen LogP contribution in [-0.4, -0.2) is 25.2 Å². The number of nitrogens with zero attached hydrogens (tertiary/aromatic N) is 1. The molecular weight excluding hydrogens is 200 g/mol. The van der Waals surface area contributed by atoms with E-state index in [-0.39, 0.29) is 0 Å². The molecule has 3 heteroatoms. The summed E-state index contributed by atoms with van der Waals surface area (Å²) in [6.07, 6.45) is 2.34. The van der Waals surface area contributed by atoms with Crippen LogP contribution in [0.4, 0.5) is 5.82 Å². The minimum atomic E-state index is 0.483. The van der Waals surface area contributed by atoms with Crippen LogP contribution in [0.5, 0.6) is 0 Å². The number of nitrogens with one attached hydrogen (secondary N) is 1. The topological polar surface area (TPSA) is 34.1 Å². The molecule has 1 atom stereocenters. The molecule has 0 bridgehead atoms. The van der Waals surface area contributed by atoms with Crippen molar-refractivity contribution in [2.45, 2.75) is 32.6 Å². The van der Waals surface area contributed by atoms with E-state index in [0.29, 0.717) is 5.92 Å². The highest BCUT2D eigenvalue weighted by Crippen LogP contribution is 2.24. The summed E-state index contributed by atoms with van der Waals surface area (Å²) in [5.41, 5.74) is 1.15. The lowest BCUT2D eigenvalue weighted by atomic mass is 9.98. The molecule has 1 aromatic heterocycles. The minimum absolute atomic E-state index is 0.483. The molecule has 1 aromatic rings. The fourth-order valence-electron chi connectivity index (χ4n) is 1.79. The molecule has 0 aromatic carbocycles. The van der Waals surface area contributed by atoms with Crippen LogP contribution in [0, 0.1) is 0 Å². The third-order valence-corrected chi connectivity index (χ3v) is 2.61. The van der Waals surface area contributed by atoms with Gasteiger partial charge in [0.15, 0.2) is 0 Å². The summed E-state index contributed by atoms with van der Waals surface area (Å²) >= 11 is 0. The van der Waals surface area contributed by atoms with Crippen LogP contribution in [-0.2, 0) is 4.74 Å². The number of pyridine rings is 1. The second-order valence-corrected chi connectivity index (χ2v) is 3.61. The van der Waals surface area contributed by atoms with Gasteiger partial charge < -0.3 is 10.1 Å². The Hall–Kier alpha value is -1.09. The van der Waals surface area contributed by atoms with Gasteiger partial charge >= 0.3 is 0 Å². The van der Waals surface area contributed by atoms with Gasteiger partial charge in [0.25, 0.3) is 0 Å². The van der Waals surface area contributed by atoms with E-state index in [4.69, 9.17) is 4.74 Å². The first kappa shape index (κ1) is 13.0. The maximum absolute atomic E-state index is 5.45. The van der Waals surface area contributed by atoms with Gasteiger partial charge in [0.05, 0.1) is 6.61 Å². The molecule has 0 amide bonds. The van der Waals surface area contributed by atoms with Crippen molar-refractivity contribution in [1.82, 2.24) is 4.98 Å². The van der Waals surface area contributed by atoms with Gasteiger partial charge in [-0.1, -0.05) is 19.9 Å². The molecule has 3 nitrogen and oxygen atoms in total. The van der Waals surface area contributed by atoms with Crippen LogP contribution in [0.1, 0.15) is 38.3 Å². The highest BCUT2D eigenvalue weighted by atomic mass is 16.5. The van der Waals surface area contributed by atoms with Crippen molar-refractivity contribution < 1.29 is 4.74 Å². The average molecular weight is 222 g/mol. The van der Waals surface area contributed by atoms with Crippen molar-refractivity contribution in [3.05, 3.63) is 23.9 Å². The van der Waals surface area contributed by atoms with E-state index in [1.54, 1.807) is 0 Å². The normalized spacial score (nSPS) is 19.6. The zero-order valence-corrected chi connectivity index (χ0v) is 10.5. The predicted molar refractivity (Wildman–Crippen MR) is 67.9 cm³/mol. The summed E-state index contributed by atoms with van der Waals surface area (Å²) in [7, 11) is 1.89. The van der Waals surface area contributed by atoms with Gasteiger partial charge in [-0.05, 0) is 25.0 Å². The fourth-order valence-corrected chi connectivity index (χ4v) is 1.79. The van der Waals surface area contributed by atoms with E-state index < -0.39 is 0 Å². The molecule has 0 spiro atoms. The van der Waals surface area contributed by atoms with Crippen LogP contribution in [0.2, 0.25) is 0 Å². The van der Waals surface area contributed by atoms with Gasteiger partial charge in [-0.15, -0.1) is 0 Å². The Morgan fingerprint density at radius 2 is 2.19 bits per heavy atom. The van der Waals surface area contributed by atoms with Crippen LogP contribution in [0.15, 0.2) is 18.2 Å². The quantitative estimate of drug-likeness (QED) is 0.835. The number of hydrogen-bond acceptors (Lipinski definition) is 3. The van der Waals surface area contributed by atoms with Crippen molar-refractivity contribution >= 4 is 5.82 Å².